The second-order valence-electron chi connectivity index (χ2n) is 8.31. The largest absolute Gasteiger partial charge is 0.368 e. The lowest BCUT2D eigenvalue weighted by Crippen LogP contribution is -2.44. The summed E-state index contributed by atoms with van der Waals surface area (Å²) in [6.45, 7) is 23.0. The molecule has 3 rings (SSSR count). The maximum atomic E-state index is 4.51. The van der Waals surface area contributed by atoms with Crippen molar-refractivity contribution in [2.75, 3.05) is 33.2 Å². The standard InChI is InChI=1S/C26H36N4S/c1-8-20(5)29-10-12-30(13-11-29)21(6)23-16-24(18(3)14-22(23)9-2)31-25-17-28-26(27-7)15-19(25)4/h8,14,16-17,19H,1,5-6,9-13,15H2,2-4,7H3,(H,27,28). The summed E-state index contributed by atoms with van der Waals surface area (Å²) in [6.07, 6.45) is 5.93. The smallest absolute Gasteiger partial charge is 0.100 e. The number of nitrogens with one attached hydrogen (secondary N) is 1. The summed E-state index contributed by atoms with van der Waals surface area (Å²) in [6, 6.07) is 4.70. The number of nitrogens with zero attached hydrogens (tertiary/aromatic N) is 3. The Labute approximate surface area is 192 Å². The van der Waals surface area contributed by atoms with Crippen LogP contribution in [0.4, 0.5) is 0 Å². The molecule has 1 aromatic carbocycles. The first kappa shape index (κ1) is 23.3. The van der Waals surface area contributed by atoms with Crippen LogP contribution in [0.2, 0.25) is 0 Å². The van der Waals surface area contributed by atoms with E-state index in [1.165, 1.54) is 26.5 Å². The van der Waals surface area contributed by atoms with Gasteiger partial charge in [-0.05, 0) is 42.5 Å². The SMILES string of the molecule is C=CC(=C)N1CCN(C(=C)c2cc(SC3=CNC(=NC)CC3C)c(C)cc2CC)CC1. The van der Waals surface area contributed by atoms with Crippen molar-refractivity contribution in [3.05, 3.63) is 71.4 Å². The van der Waals surface area contributed by atoms with Crippen LogP contribution in [0, 0.1) is 12.8 Å². The third kappa shape index (κ3) is 5.27. The number of aliphatic imine (C=N–C) groups is 1. The predicted octanol–water partition coefficient (Wildman–Crippen LogP) is 5.44. The monoisotopic (exact) mass is 436 g/mol. The Hall–Kier alpha value is -2.40. The van der Waals surface area contributed by atoms with Crippen molar-refractivity contribution >= 4 is 23.3 Å². The Morgan fingerprint density at radius 2 is 1.90 bits per heavy atom. The van der Waals surface area contributed by atoms with E-state index in [1.807, 2.05) is 24.9 Å². The number of hydrogen-bond acceptors (Lipinski definition) is 4. The number of allylic oxidation sites excluding steroid dienone is 2. The Kier molecular flexibility index (Phi) is 7.71. The van der Waals surface area contributed by atoms with Crippen LogP contribution in [-0.2, 0) is 6.42 Å². The van der Waals surface area contributed by atoms with Crippen LogP contribution in [0.1, 0.15) is 37.0 Å². The molecule has 2 aliphatic heterocycles. The van der Waals surface area contributed by atoms with Gasteiger partial charge >= 0.3 is 0 Å². The molecule has 2 aliphatic rings. The maximum absolute atomic E-state index is 4.51. The van der Waals surface area contributed by atoms with Crippen molar-refractivity contribution in [1.82, 2.24) is 15.1 Å². The minimum atomic E-state index is 0.466. The summed E-state index contributed by atoms with van der Waals surface area (Å²) >= 11 is 1.87. The summed E-state index contributed by atoms with van der Waals surface area (Å²) in [7, 11) is 1.85. The molecule has 0 bridgehead atoms. The molecule has 1 N–H and O–H groups in total. The van der Waals surface area contributed by atoms with Crippen molar-refractivity contribution in [2.24, 2.45) is 10.9 Å². The number of aryl methyl sites for hydroxylation is 2. The van der Waals surface area contributed by atoms with Gasteiger partial charge in [0.2, 0.25) is 0 Å². The van der Waals surface area contributed by atoms with Crippen molar-refractivity contribution in [2.45, 2.75) is 38.5 Å². The van der Waals surface area contributed by atoms with E-state index in [2.05, 4.69) is 78.9 Å². The highest BCUT2D eigenvalue weighted by Crippen LogP contribution is 2.39. The average molecular weight is 437 g/mol. The molecule has 4 nitrogen and oxygen atoms in total. The third-order valence-electron chi connectivity index (χ3n) is 6.26. The number of thioether (sulfide) groups is 1. The molecule has 1 unspecified atom stereocenters. The van der Waals surface area contributed by atoms with E-state index >= 15 is 0 Å². The van der Waals surface area contributed by atoms with Crippen LogP contribution in [0.15, 0.2) is 64.6 Å². The normalized spacial score (nSPS) is 20.3. The minimum Gasteiger partial charge on any atom is -0.368 e. The Morgan fingerprint density at radius 1 is 1.23 bits per heavy atom. The summed E-state index contributed by atoms with van der Waals surface area (Å²) in [5.41, 5.74) is 6.11. The van der Waals surface area contributed by atoms with Crippen molar-refractivity contribution in [1.29, 1.82) is 0 Å². The summed E-state index contributed by atoms with van der Waals surface area (Å²) in [4.78, 5) is 11.7. The van der Waals surface area contributed by atoms with Gasteiger partial charge in [0.1, 0.15) is 5.84 Å². The van der Waals surface area contributed by atoms with E-state index in [1.54, 1.807) is 0 Å². The van der Waals surface area contributed by atoms with Gasteiger partial charge < -0.3 is 15.1 Å². The molecule has 0 radical (unpaired) electrons. The van der Waals surface area contributed by atoms with Crippen LogP contribution in [0.5, 0.6) is 0 Å². The average Bonchev–Trinajstić information content (AvgIpc) is 2.80. The first-order valence-corrected chi connectivity index (χ1v) is 11.9. The molecule has 0 aliphatic carbocycles. The van der Waals surface area contributed by atoms with Gasteiger partial charge in [-0.1, -0.05) is 51.4 Å². The molecule has 1 atom stereocenters. The first-order chi connectivity index (χ1) is 14.9. The van der Waals surface area contributed by atoms with E-state index in [9.17, 15) is 0 Å². The predicted molar refractivity (Wildman–Crippen MR) is 136 cm³/mol. The fraction of sp³-hybridized carbons (Fsp3) is 0.423. The van der Waals surface area contributed by atoms with Crippen LogP contribution in [0.3, 0.4) is 0 Å². The van der Waals surface area contributed by atoms with Crippen molar-refractivity contribution < 1.29 is 0 Å². The fourth-order valence-corrected chi connectivity index (χ4v) is 5.19. The second-order valence-corrected chi connectivity index (χ2v) is 9.43. The summed E-state index contributed by atoms with van der Waals surface area (Å²) in [5.74, 6) is 1.52. The molecular weight excluding hydrogens is 400 g/mol. The maximum Gasteiger partial charge on any atom is 0.100 e. The zero-order valence-corrected chi connectivity index (χ0v) is 20.3. The molecule has 1 fully saturated rings. The quantitative estimate of drug-likeness (QED) is 0.577. The lowest BCUT2D eigenvalue weighted by Gasteiger charge is -2.39. The molecule has 0 spiro atoms. The van der Waals surface area contributed by atoms with E-state index in [-0.39, 0.29) is 0 Å². The molecular formula is C26H36N4S. The molecule has 31 heavy (non-hydrogen) atoms. The third-order valence-corrected chi connectivity index (χ3v) is 7.68. The van der Waals surface area contributed by atoms with E-state index in [4.69, 9.17) is 0 Å². The molecule has 1 aromatic rings. The number of hydrogen-bond donors (Lipinski definition) is 1. The van der Waals surface area contributed by atoms with Crippen LogP contribution < -0.4 is 5.32 Å². The van der Waals surface area contributed by atoms with Gasteiger partial charge in [0.15, 0.2) is 0 Å². The van der Waals surface area contributed by atoms with Crippen LogP contribution >= 0.6 is 11.8 Å². The molecule has 1 saturated heterocycles. The Bertz CT molecular complexity index is 920. The summed E-state index contributed by atoms with van der Waals surface area (Å²) < 4.78 is 0. The Balaban J connectivity index is 1.81. The van der Waals surface area contributed by atoms with Crippen molar-refractivity contribution in [3.8, 4) is 0 Å². The molecule has 0 saturated carbocycles. The van der Waals surface area contributed by atoms with Gasteiger partial charge in [0.05, 0.1) is 0 Å². The highest BCUT2D eigenvalue weighted by Gasteiger charge is 2.22. The van der Waals surface area contributed by atoms with Crippen LogP contribution in [-0.4, -0.2) is 48.9 Å². The fourth-order valence-electron chi connectivity index (χ4n) is 4.14. The topological polar surface area (TPSA) is 30.9 Å². The molecule has 5 heteroatoms. The molecule has 0 aromatic heterocycles. The minimum absolute atomic E-state index is 0.466. The van der Waals surface area contributed by atoms with Crippen molar-refractivity contribution in [3.63, 3.8) is 0 Å². The molecule has 2 heterocycles. The van der Waals surface area contributed by atoms with E-state index < -0.39 is 0 Å². The van der Waals surface area contributed by atoms with Gasteiger partial charge in [0, 0.05) is 72.6 Å². The van der Waals surface area contributed by atoms with Crippen LogP contribution in [0.25, 0.3) is 5.70 Å². The molecule has 166 valence electrons. The number of amidine groups is 1. The first-order valence-electron chi connectivity index (χ1n) is 11.1. The van der Waals surface area contributed by atoms with E-state index in [0.29, 0.717) is 5.92 Å². The van der Waals surface area contributed by atoms with Gasteiger partial charge in [-0.25, -0.2) is 0 Å². The van der Waals surface area contributed by atoms with Gasteiger partial charge in [-0.3, -0.25) is 4.99 Å². The Morgan fingerprint density at radius 3 is 2.48 bits per heavy atom. The summed E-state index contributed by atoms with van der Waals surface area (Å²) in [5, 5.41) is 3.34. The number of piperazine rings is 1. The lowest BCUT2D eigenvalue weighted by molar-refractivity contribution is 0.219. The zero-order valence-electron chi connectivity index (χ0n) is 19.5. The number of benzene rings is 1. The van der Waals surface area contributed by atoms with Gasteiger partial charge in [-0.15, -0.1) is 0 Å². The highest BCUT2D eigenvalue weighted by molar-refractivity contribution is 8.03. The lowest BCUT2D eigenvalue weighted by atomic mass is 9.99. The number of rotatable bonds is 7. The highest BCUT2D eigenvalue weighted by atomic mass is 32.2. The zero-order chi connectivity index (χ0) is 22.5. The van der Waals surface area contributed by atoms with Gasteiger partial charge in [0.25, 0.3) is 0 Å². The molecule has 0 amide bonds. The van der Waals surface area contributed by atoms with E-state index in [0.717, 1.165) is 56.3 Å². The van der Waals surface area contributed by atoms with Gasteiger partial charge in [-0.2, -0.15) is 0 Å². The second kappa shape index (κ2) is 10.3.